The number of benzene rings is 3. The molecule has 0 fully saturated rings. The van der Waals surface area contributed by atoms with Gasteiger partial charge in [-0.3, -0.25) is 9.36 Å². The highest BCUT2D eigenvalue weighted by Crippen LogP contribution is 2.34. The second-order valence-corrected chi connectivity index (χ2v) is 8.54. The lowest BCUT2D eigenvalue weighted by Gasteiger charge is -2.13. The van der Waals surface area contributed by atoms with Gasteiger partial charge >= 0.3 is 0 Å². The van der Waals surface area contributed by atoms with Gasteiger partial charge in [0, 0.05) is 34.4 Å². The molecule has 0 aliphatic heterocycles. The summed E-state index contributed by atoms with van der Waals surface area (Å²) in [6.07, 6.45) is 0.276. The number of fused-ring (bicyclic) bond motifs is 1. The maximum absolute atomic E-state index is 11.2. The van der Waals surface area contributed by atoms with Crippen molar-refractivity contribution in [2.45, 2.75) is 11.6 Å². The summed E-state index contributed by atoms with van der Waals surface area (Å²) >= 11 is 1.46. The van der Waals surface area contributed by atoms with Gasteiger partial charge in [0.05, 0.1) is 11.2 Å². The molecule has 2 heterocycles. The Morgan fingerprint density at radius 1 is 0.879 bits per heavy atom. The minimum Gasteiger partial charge on any atom is -0.370 e. The first-order chi connectivity index (χ1) is 16.2. The summed E-state index contributed by atoms with van der Waals surface area (Å²) in [6.45, 7) is 0. The minimum atomic E-state index is -0.332. The average Bonchev–Trinajstić information content (AvgIpc) is 3.28. The third kappa shape index (κ3) is 4.36. The zero-order valence-corrected chi connectivity index (χ0v) is 18.6. The maximum atomic E-state index is 11.2. The number of rotatable bonds is 7. The van der Waals surface area contributed by atoms with Crippen LogP contribution in [0.25, 0.3) is 39.2 Å². The number of carbonyl (C=O) groups is 1. The van der Waals surface area contributed by atoms with E-state index < -0.39 is 0 Å². The highest BCUT2D eigenvalue weighted by molar-refractivity contribution is 7.99. The van der Waals surface area contributed by atoms with E-state index in [9.17, 15) is 4.79 Å². The normalized spacial score (nSPS) is 11.0. The first kappa shape index (κ1) is 20.9. The molecule has 5 aromatic rings. The summed E-state index contributed by atoms with van der Waals surface area (Å²) in [5.74, 6) is 0.923. The van der Waals surface area contributed by atoms with Crippen molar-refractivity contribution in [3.05, 3.63) is 91.0 Å². The zero-order valence-electron chi connectivity index (χ0n) is 17.8. The molecule has 0 aliphatic rings. The number of hydrogen-bond donors (Lipinski definition) is 1. The van der Waals surface area contributed by atoms with Crippen LogP contribution in [0.3, 0.4) is 0 Å². The highest BCUT2D eigenvalue weighted by atomic mass is 32.2. The Hall–Kier alpha value is -3.97. The number of carbonyl (C=O) groups excluding carboxylic acids is 1. The van der Waals surface area contributed by atoms with Crippen molar-refractivity contribution in [1.29, 1.82) is 0 Å². The number of thioether (sulfide) groups is 1. The molecule has 5 rings (SSSR count). The van der Waals surface area contributed by atoms with E-state index in [-0.39, 0.29) is 12.3 Å². The number of para-hydroxylation sites is 2. The number of pyridine rings is 1. The predicted octanol–water partition coefficient (Wildman–Crippen LogP) is 5.12. The van der Waals surface area contributed by atoms with Crippen LogP contribution in [0.2, 0.25) is 0 Å². The predicted molar refractivity (Wildman–Crippen MR) is 132 cm³/mol. The molecule has 0 radical (unpaired) electrons. The first-order valence-corrected chi connectivity index (χ1v) is 11.6. The monoisotopic (exact) mass is 451 g/mol. The van der Waals surface area contributed by atoms with Crippen LogP contribution in [-0.4, -0.2) is 31.4 Å². The molecule has 3 aromatic carbocycles. The first-order valence-electron chi connectivity index (χ1n) is 10.6. The van der Waals surface area contributed by atoms with E-state index in [1.165, 1.54) is 11.8 Å². The van der Waals surface area contributed by atoms with E-state index >= 15 is 0 Å². The van der Waals surface area contributed by atoms with Crippen molar-refractivity contribution in [2.75, 3.05) is 5.75 Å². The van der Waals surface area contributed by atoms with E-state index in [0.29, 0.717) is 10.9 Å². The van der Waals surface area contributed by atoms with E-state index in [1.807, 2.05) is 83.4 Å². The molecule has 2 N–H and O–H groups in total. The van der Waals surface area contributed by atoms with Gasteiger partial charge in [-0.15, -0.1) is 10.2 Å². The molecule has 7 heteroatoms. The summed E-state index contributed by atoms with van der Waals surface area (Å²) in [4.78, 5) is 16.1. The van der Waals surface area contributed by atoms with Crippen LogP contribution in [0.4, 0.5) is 0 Å². The Morgan fingerprint density at radius 3 is 2.33 bits per heavy atom. The lowest BCUT2D eigenvalue weighted by Crippen LogP contribution is -2.11. The second kappa shape index (κ2) is 9.26. The third-order valence-corrected chi connectivity index (χ3v) is 6.18. The molecule has 0 saturated carbocycles. The molecule has 0 bridgehead atoms. The molecular weight excluding hydrogens is 430 g/mol. The smallest absolute Gasteiger partial charge is 0.218 e. The Bertz CT molecular complexity index is 1420. The SMILES string of the molecule is NC(=O)CCSc1nnc(-c2cc(-c3ccccc3)nc3ccccc23)n1-c1ccccc1. The van der Waals surface area contributed by atoms with Gasteiger partial charge in [0.2, 0.25) is 5.91 Å². The Kier molecular flexibility index (Phi) is 5.87. The average molecular weight is 452 g/mol. The molecule has 0 aliphatic carbocycles. The topological polar surface area (TPSA) is 86.7 Å². The summed E-state index contributed by atoms with van der Waals surface area (Å²) in [6, 6.07) is 30.2. The van der Waals surface area contributed by atoms with Crippen LogP contribution in [0.5, 0.6) is 0 Å². The van der Waals surface area contributed by atoms with E-state index in [2.05, 4.69) is 22.3 Å². The number of aromatic nitrogens is 4. The molecule has 6 nitrogen and oxygen atoms in total. The molecule has 0 unspecified atom stereocenters. The zero-order chi connectivity index (χ0) is 22.6. The summed E-state index contributed by atoms with van der Waals surface area (Å²) in [5, 5.41) is 10.8. The van der Waals surface area contributed by atoms with Crippen LogP contribution in [0.1, 0.15) is 6.42 Å². The quantitative estimate of drug-likeness (QED) is 0.347. The summed E-state index contributed by atoms with van der Waals surface area (Å²) in [5.41, 5.74) is 10.0. The van der Waals surface area contributed by atoms with Gasteiger partial charge in [-0.25, -0.2) is 4.98 Å². The molecule has 0 saturated heterocycles. The van der Waals surface area contributed by atoms with Gasteiger partial charge in [-0.1, -0.05) is 78.5 Å². The third-order valence-electron chi connectivity index (χ3n) is 5.25. The number of nitrogens with zero attached hydrogens (tertiary/aromatic N) is 4. The number of primary amides is 1. The molecule has 0 atom stereocenters. The van der Waals surface area contributed by atoms with Crippen LogP contribution in [0.15, 0.2) is 96.2 Å². The van der Waals surface area contributed by atoms with Crippen LogP contribution in [-0.2, 0) is 4.79 Å². The fourth-order valence-corrected chi connectivity index (χ4v) is 4.61. The second-order valence-electron chi connectivity index (χ2n) is 7.48. The van der Waals surface area contributed by atoms with Crippen molar-refractivity contribution < 1.29 is 4.79 Å². The molecular formula is C26H21N5OS. The van der Waals surface area contributed by atoms with Crippen molar-refractivity contribution in [1.82, 2.24) is 19.7 Å². The van der Waals surface area contributed by atoms with Gasteiger partial charge in [0.25, 0.3) is 0 Å². The van der Waals surface area contributed by atoms with Gasteiger partial charge in [0.1, 0.15) is 0 Å². The van der Waals surface area contributed by atoms with E-state index in [1.54, 1.807) is 0 Å². The van der Waals surface area contributed by atoms with Crippen molar-refractivity contribution in [3.8, 4) is 28.3 Å². The summed E-state index contributed by atoms with van der Waals surface area (Å²) in [7, 11) is 0. The van der Waals surface area contributed by atoms with Crippen molar-refractivity contribution in [2.24, 2.45) is 5.73 Å². The number of amides is 1. The number of nitrogens with two attached hydrogens (primary N) is 1. The van der Waals surface area contributed by atoms with Gasteiger partial charge < -0.3 is 5.73 Å². The lowest BCUT2D eigenvalue weighted by molar-refractivity contribution is -0.117. The molecule has 1 amide bonds. The van der Waals surface area contributed by atoms with E-state index in [4.69, 9.17) is 10.7 Å². The number of hydrogen-bond acceptors (Lipinski definition) is 5. The Labute approximate surface area is 195 Å². The Balaban J connectivity index is 1.71. The fourth-order valence-electron chi connectivity index (χ4n) is 3.71. The van der Waals surface area contributed by atoms with Gasteiger partial charge in [-0.2, -0.15) is 0 Å². The molecule has 2 aromatic heterocycles. The van der Waals surface area contributed by atoms with Gasteiger partial charge in [0.15, 0.2) is 11.0 Å². The van der Waals surface area contributed by atoms with Crippen molar-refractivity contribution >= 4 is 28.6 Å². The highest BCUT2D eigenvalue weighted by Gasteiger charge is 2.19. The Morgan fingerprint density at radius 2 is 1.58 bits per heavy atom. The molecule has 162 valence electrons. The maximum Gasteiger partial charge on any atom is 0.218 e. The van der Waals surface area contributed by atoms with Crippen molar-refractivity contribution in [3.63, 3.8) is 0 Å². The van der Waals surface area contributed by atoms with Crippen LogP contribution >= 0.6 is 11.8 Å². The fraction of sp³-hybridized carbons (Fsp3) is 0.0769. The largest absolute Gasteiger partial charge is 0.370 e. The van der Waals surface area contributed by atoms with Crippen LogP contribution in [0, 0.1) is 0 Å². The molecule has 33 heavy (non-hydrogen) atoms. The van der Waals surface area contributed by atoms with Crippen LogP contribution < -0.4 is 5.73 Å². The van der Waals surface area contributed by atoms with Gasteiger partial charge in [-0.05, 0) is 24.3 Å². The molecule has 0 spiro atoms. The van der Waals surface area contributed by atoms with E-state index in [0.717, 1.165) is 39.2 Å². The summed E-state index contributed by atoms with van der Waals surface area (Å²) < 4.78 is 2.03. The lowest BCUT2D eigenvalue weighted by atomic mass is 10.0. The minimum absolute atomic E-state index is 0.276. The standard InChI is InChI=1S/C26H21N5OS/c27-24(32)15-16-33-26-30-29-25(31(26)19-11-5-2-6-12-19)21-17-23(18-9-3-1-4-10-18)28-22-14-8-7-13-20(21)22/h1-14,17H,15-16H2,(H2,27,32).